The van der Waals surface area contributed by atoms with Crippen molar-refractivity contribution in [3.63, 3.8) is 0 Å². The van der Waals surface area contributed by atoms with Gasteiger partial charge in [-0.1, -0.05) is 27.7 Å². The van der Waals surface area contributed by atoms with Gasteiger partial charge in [-0.3, -0.25) is 0 Å². The Labute approximate surface area is 79.4 Å². The number of quaternary nitrogens is 1. The molecule has 0 aliphatic rings. The molecule has 0 fully saturated rings. The highest BCUT2D eigenvalue weighted by molar-refractivity contribution is 4.45. The number of hydrogen-bond acceptors (Lipinski definition) is 0. The second kappa shape index (κ2) is 5.58. The van der Waals surface area contributed by atoms with Crippen LogP contribution in [0.25, 0.3) is 0 Å². The molecule has 0 N–H and O–H groups in total. The molecule has 0 aliphatic heterocycles. The van der Waals surface area contributed by atoms with Crippen LogP contribution in [0.2, 0.25) is 0 Å². The molecule has 0 heterocycles. The average molecular weight is 173 g/mol. The molecule has 76 valence electrons. The number of rotatable bonds is 4. The average Bonchev–Trinajstić information content (AvgIpc) is 1.53. The molecule has 0 saturated heterocycles. The number of nitrogens with zero attached hydrogens (tertiary/aromatic N) is 1. The molecule has 1 nitrogen and oxygen atoms in total. The highest BCUT2D eigenvalue weighted by Crippen LogP contribution is 2.08. The minimum Gasteiger partial charge on any atom is -0.358 e. The first kappa shape index (κ1) is 14.5. The lowest BCUT2D eigenvalue weighted by atomic mass is 10.1. The fourth-order valence-corrected chi connectivity index (χ4v) is 2.05. The molecule has 0 atom stereocenters. The first-order valence-corrected chi connectivity index (χ1v) is 4.65. The molecule has 0 bridgehead atoms. The third-order valence-corrected chi connectivity index (χ3v) is 1.72. The molecule has 0 aromatic rings. The Morgan fingerprint density at radius 2 is 1.08 bits per heavy atom. The van der Waals surface area contributed by atoms with Crippen molar-refractivity contribution in [1.29, 1.82) is 0 Å². The Hall–Kier alpha value is -0.0400. The van der Waals surface area contributed by atoms with Crippen LogP contribution in [0, 0.1) is 19.3 Å². The van der Waals surface area contributed by atoms with Crippen LogP contribution in [0.1, 0.15) is 27.7 Å². The summed E-state index contributed by atoms with van der Waals surface area (Å²) in [6.07, 6.45) is 0. The maximum absolute atomic E-state index is 2.32. The first-order valence-electron chi connectivity index (χ1n) is 4.65. The van der Waals surface area contributed by atoms with Gasteiger partial charge in [-0.2, -0.15) is 0 Å². The largest absolute Gasteiger partial charge is 0.358 e. The van der Waals surface area contributed by atoms with Gasteiger partial charge in [0, 0.05) is 11.8 Å². The lowest BCUT2D eigenvalue weighted by Crippen LogP contribution is -2.44. The second-order valence-electron chi connectivity index (χ2n) is 5.09. The fraction of sp³-hybridized carbons (Fsp3) is 0.909. The van der Waals surface area contributed by atoms with E-state index in [1.807, 2.05) is 0 Å². The highest BCUT2D eigenvalue weighted by atomic mass is 15.3. The lowest BCUT2D eigenvalue weighted by molar-refractivity contribution is -0.896. The van der Waals surface area contributed by atoms with E-state index in [1.165, 1.54) is 13.1 Å². The summed E-state index contributed by atoms with van der Waals surface area (Å²) in [7, 11) is 4.64. The fourth-order valence-electron chi connectivity index (χ4n) is 2.05. The molecular formula is C11H27N. The van der Waals surface area contributed by atoms with Gasteiger partial charge in [-0.05, 0) is 0 Å². The zero-order valence-corrected chi connectivity index (χ0v) is 10.0. The van der Waals surface area contributed by atoms with Crippen molar-refractivity contribution in [2.45, 2.75) is 27.7 Å². The Morgan fingerprint density at radius 3 is 1.25 bits per heavy atom. The van der Waals surface area contributed by atoms with Crippen LogP contribution in [-0.4, -0.2) is 31.7 Å². The van der Waals surface area contributed by atoms with E-state index in [9.17, 15) is 0 Å². The molecule has 0 aromatic heterocycles. The summed E-state index contributed by atoms with van der Waals surface area (Å²) in [5.74, 6) is 1.62. The summed E-state index contributed by atoms with van der Waals surface area (Å²) in [6, 6.07) is 0. The lowest BCUT2D eigenvalue weighted by Gasteiger charge is -2.33. The SMILES string of the molecule is CC(C)C[N+](C)(C)CC(C)C.[CH3-]. The predicted octanol–water partition coefficient (Wildman–Crippen LogP) is 2.83. The van der Waals surface area contributed by atoms with Crippen LogP contribution in [0.15, 0.2) is 0 Å². The molecule has 1 heteroatoms. The standard InChI is InChI=1S/C10H24N.CH3/c1-9(2)7-11(5,6)8-10(3)4;/h9-10H,7-8H2,1-6H3;1H3/q+1;-1. The molecule has 12 heavy (non-hydrogen) atoms. The van der Waals surface area contributed by atoms with E-state index in [-0.39, 0.29) is 7.43 Å². The summed E-state index contributed by atoms with van der Waals surface area (Å²) in [5, 5.41) is 0. The number of hydrogen-bond donors (Lipinski definition) is 0. The Bertz CT molecular complexity index is 91.6. The van der Waals surface area contributed by atoms with E-state index in [0.29, 0.717) is 0 Å². The van der Waals surface area contributed by atoms with Gasteiger partial charge in [0.05, 0.1) is 27.2 Å². The third kappa shape index (κ3) is 8.06. The Kier molecular flexibility index (Phi) is 6.73. The smallest absolute Gasteiger partial charge is 0.0805 e. The van der Waals surface area contributed by atoms with Crippen LogP contribution in [0.3, 0.4) is 0 Å². The van der Waals surface area contributed by atoms with Crippen molar-refractivity contribution in [3.05, 3.63) is 7.43 Å². The molecule has 0 saturated carbocycles. The third-order valence-electron chi connectivity index (χ3n) is 1.72. The highest BCUT2D eigenvalue weighted by Gasteiger charge is 2.17. The minimum absolute atomic E-state index is 0. The van der Waals surface area contributed by atoms with Crippen LogP contribution in [0.5, 0.6) is 0 Å². The summed E-state index contributed by atoms with van der Waals surface area (Å²) in [4.78, 5) is 0. The van der Waals surface area contributed by atoms with E-state index in [1.54, 1.807) is 0 Å². The van der Waals surface area contributed by atoms with Crippen molar-refractivity contribution in [1.82, 2.24) is 0 Å². The maximum atomic E-state index is 2.32. The van der Waals surface area contributed by atoms with E-state index in [0.717, 1.165) is 16.3 Å². The Balaban J connectivity index is 0. The van der Waals surface area contributed by atoms with Crippen molar-refractivity contribution < 1.29 is 4.48 Å². The second-order valence-corrected chi connectivity index (χ2v) is 5.09. The van der Waals surface area contributed by atoms with Crippen LogP contribution >= 0.6 is 0 Å². The zero-order valence-electron chi connectivity index (χ0n) is 10.0. The summed E-state index contributed by atoms with van der Waals surface area (Å²) >= 11 is 0. The van der Waals surface area contributed by atoms with Gasteiger partial charge < -0.3 is 11.9 Å². The Morgan fingerprint density at radius 1 is 0.833 bits per heavy atom. The van der Waals surface area contributed by atoms with E-state index in [4.69, 9.17) is 0 Å². The van der Waals surface area contributed by atoms with E-state index in [2.05, 4.69) is 41.8 Å². The molecule has 0 rings (SSSR count). The topological polar surface area (TPSA) is 0 Å². The summed E-state index contributed by atoms with van der Waals surface area (Å²) in [6.45, 7) is 11.7. The molecule has 0 amide bonds. The van der Waals surface area contributed by atoms with E-state index < -0.39 is 0 Å². The summed E-state index contributed by atoms with van der Waals surface area (Å²) < 4.78 is 1.16. The minimum atomic E-state index is 0. The van der Waals surface area contributed by atoms with Gasteiger partial charge in [0.1, 0.15) is 0 Å². The van der Waals surface area contributed by atoms with E-state index >= 15 is 0 Å². The maximum Gasteiger partial charge on any atom is 0.0805 e. The van der Waals surface area contributed by atoms with Crippen LogP contribution in [-0.2, 0) is 0 Å². The van der Waals surface area contributed by atoms with Gasteiger partial charge in [-0.25, -0.2) is 0 Å². The zero-order chi connectivity index (χ0) is 9.07. The predicted molar refractivity (Wildman–Crippen MR) is 57.9 cm³/mol. The molecular weight excluding hydrogens is 146 g/mol. The first-order chi connectivity index (χ1) is 4.83. The van der Waals surface area contributed by atoms with Gasteiger partial charge in [-0.15, -0.1) is 0 Å². The van der Waals surface area contributed by atoms with Crippen molar-refractivity contribution >= 4 is 0 Å². The molecule has 0 aliphatic carbocycles. The van der Waals surface area contributed by atoms with Gasteiger partial charge in [0.2, 0.25) is 0 Å². The quantitative estimate of drug-likeness (QED) is 0.453. The monoisotopic (exact) mass is 173 g/mol. The van der Waals surface area contributed by atoms with Crippen LogP contribution in [0.4, 0.5) is 0 Å². The van der Waals surface area contributed by atoms with Gasteiger partial charge in [0.15, 0.2) is 0 Å². The van der Waals surface area contributed by atoms with Crippen molar-refractivity contribution in [2.75, 3.05) is 27.2 Å². The van der Waals surface area contributed by atoms with Gasteiger partial charge in [0.25, 0.3) is 0 Å². The summed E-state index contributed by atoms with van der Waals surface area (Å²) in [5.41, 5.74) is 0. The molecule has 0 aromatic carbocycles. The van der Waals surface area contributed by atoms with Gasteiger partial charge >= 0.3 is 0 Å². The molecule has 0 radical (unpaired) electrons. The molecule has 0 unspecified atom stereocenters. The van der Waals surface area contributed by atoms with Crippen molar-refractivity contribution in [3.8, 4) is 0 Å². The van der Waals surface area contributed by atoms with Crippen molar-refractivity contribution in [2.24, 2.45) is 11.8 Å². The molecule has 0 spiro atoms. The normalized spacial score (nSPS) is 12.0. The van der Waals surface area contributed by atoms with Crippen LogP contribution < -0.4 is 0 Å².